The number of nitrogens with zero attached hydrogens (tertiary/aromatic N) is 4. The van der Waals surface area contributed by atoms with E-state index in [9.17, 15) is 0 Å². The molecule has 0 radical (unpaired) electrons. The summed E-state index contributed by atoms with van der Waals surface area (Å²) in [5, 5.41) is 8.81. The van der Waals surface area contributed by atoms with Crippen LogP contribution in [-0.2, 0) is 26.4 Å². The summed E-state index contributed by atoms with van der Waals surface area (Å²) in [6.45, 7) is 5.05. The zero-order valence-corrected chi connectivity index (χ0v) is 13.7. The van der Waals surface area contributed by atoms with E-state index in [2.05, 4.69) is 45.4 Å². The standard InChI is InChI=1S/C13H21BrN6/c1-4-10-13(14)12(20(5-2)18-10)6-11(17-15)9-7-16-19(3)8-9/h7-8,11,17H,4-6,15H2,1-3H3. The van der Waals surface area contributed by atoms with Gasteiger partial charge in [-0.15, -0.1) is 0 Å². The van der Waals surface area contributed by atoms with Gasteiger partial charge in [0.25, 0.3) is 0 Å². The van der Waals surface area contributed by atoms with E-state index in [1.165, 1.54) is 0 Å². The molecule has 0 aliphatic rings. The van der Waals surface area contributed by atoms with Crippen molar-refractivity contribution < 1.29 is 0 Å². The number of hydrogen-bond acceptors (Lipinski definition) is 4. The summed E-state index contributed by atoms with van der Waals surface area (Å²) in [6.07, 6.45) is 5.50. The van der Waals surface area contributed by atoms with Crippen LogP contribution >= 0.6 is 15.9 Å². The average molecular weight is 341 g/mol. The Kier molecular flexibility index (Phi) is 4.95. The van der Waals surface area contributed by atoms with E-state index in [0.717, 1.165) is 40.8 Å². The van der Waals surface area contributed by atoms with Crippen molar-refractivity contribution in [1.82, 2.24) is 25.0 Å². The molecule has 0 saturated carbocycles. The molecule has 6 nitrogen and oxygen atoms in total. The van der Waals surface area contributed by atoms with E-state index in [1.54, 1.807) is 4.68 Å². The summed E-state index contributed by atoms with van der Waals surface area (Å²) in [7, 11) is 1.90. The summed E-state index contributed by atoms with van der Waals surface area (Å²) in [4.78, 5) is 0. The van der Waals surface area contributed by atoms with Gasteiger partial charge in [-0.2, -0.15) is 10.2 Å². The summed E-state index contributed by atoms with van der Waals surface area (Å²) in [5.74, 6) is 5.71. The average Bonchev–Trinajstić information content (AvgIpc) is 3.00. The lowest BCUT2D eigenvalue weighted by atomic mass is 10.1. The van der Waals surface area contributed by atoms with Crippen LogP contribution in [0.25, 0.3) is 0 Å². The maximum absolute atomic E-state index is 5.71. The van der Waals surface area contributed by atoms with Crippen LogP contribution in [0.5, 0.6) is 0 Å². The number of halogens is 1. The Morgan fingerprint density at radius 2 is 2.20 bits per heavy atom. The highest BCUT2D eigenvalue weighted by atomic mass is 79.9. The van der Waals surface area contributed by atoms with Crippen LogP contribution in [-0.4, -0.2) is 19.6 Å². The molecule has 20 heavy (non-hydrogen) atoms. The van der Waals surface area contributed by atoms with Crippen LogP contribution in [0.4, 0.5) is 0 Å². The van der Waals surface area contributed by atoms with Crippen molar-refractivity contribution in [3.8, 4) is 0 Å². The molecule has 110 valence electrons. The van der Waals surface area contributed by atoms with Crippen LogP contribution in [0.3, 0.4) is 0 Å². The number of hydrazine groups is 1. The maximum atomic E-state index is 5.71. The van der Waals surface area contributed by atoms with E-state index in [4.69, 9.17) is 5.84 Å². The molecule has 2 rings (SSSR count). The van der Waals surface area contributed by atoms with E-state index in [1.807, 2.05) is 24.1 Å². The lowest BCUT2D eigenvalue weighted by molar-refractivity contribution is 0.515. The highest BCUT2D eigenvalue weighted by Crippen LogP contribution is 2.27. The second kappa shape index (κ2) is 6.51. The first-order chi connectivity index (χ1) is 9.60. The molecule has 0 aliphatic heterocycles. The molecule has 2 aromatic rings. The molecule has 0 bridgehead atoms. The zero-order chi connectivity index (χ0) is 14.7. The predicted molar refractivity (Wildman–Crippen MR) is 82.0 cm³/mol. The molecule has 3 N–H and O–H groups in total. The Bertz CT molecular complexity index is 573. The van der Waals surface area contributed by atoms with Gasteiger partial charge in [-0.05, 0) is 29.3 Å². The fourth-order valence-electron chi connectivity index (χ4n) is 2.30. The fourth-order valence-corrected chi connectivity index (χ4v) is 3.02. The molecule has 0 fully saturated rings. The van der Waals surface area contributed by atoms with Crippen LogP contribution in [0, 0.1) is 0 Å². The molecule has 7 heteroatoms. The maximum Gasteiger partial charge on any atom is 0.0766 e. The smallest absolute Gasteiger partial charge is 0.0766 e. The van der Waals surface area contributed by atoms with Gasteiger partial charge < -0.3 is 0 Å². The van der Waals surface area contributed by atoms with Gasteiger partial charge in [0.15, 0.2) is 0 Å². The highest BCUT2D eigenvalue weighted by Gasteiger charge is 2.20. The van der Waals surface area contributed by atoms with Gasteiger partial charge in [0.1, 0.15) is 0 Å². The lowest BCUT2D eigenvalue weighted by Gasteiger charge is -2.15. The van der Waals surface area contributed by atoms with Crippen molar-refractivity contribution in [3.63, 3.8) is 0 Å². The molecular weight excluding hydrogens is 320 g/mol. The molecule has 0 saturated heterocycles. The van der Waals surface area contributed by atoms with E-state index >= 15 is 0 Å². The topological polar surface area (TPSA) is 73.7 Å². The quantitative estimate of drug-likeness (QED) is 0.620. The van der Waals surface area contributed by atoms with Gasteiger partial charge in [0.05, 0.1) is 28.1 Å². The zero-order valence-electron chi connectivity index (χ0n) is 12.1. The number of rotatable bonds is 6. The first kappa shape index (κ1) is 15.2. The third kappa shape index (κ3) is 2.94. The summed E-state index contributed by atoms with van der Waals surface area (Å²) >= 11 is 3.67. The lowest BCUT2D eigenvalue weighted by Crippen LogP contribution is -2.30. The van der Waals surface area contributed by atoms with Gasteiger partial charge in [0, 0.05) is 31.8 Å². The molecule has 2 aromatic heterocycles. The van der Waals surface area contributed by atoms with E-state index in [0.29, 0.717) is 0 Å². The molecule has 1 unspecified atom stereocenters. The second-order valence-electron chi connectivity index (χ2n) is 4.75. The number of nitrogens with two attached hydrogens (primary N) is 1. The second-order valence-corrected chi connectivity index (χ2v) is 5.54. The Morgan fingerprint density at radius 1 is 1.45 bits per heavy atom. The SMILES string of the molecule is CCc1nn(CC)c(CC(NN)c2cnn(C)c2)c1Br. The molecule has 0 aliphatic carbocycles. The van der Waals surface area contributed by atoms with Crippen molar-refractivity contribution in [2.45, 2.75) is 39.3 Å². The van der Waals surface area contributed by atoms with Crippen LogP contribution < -0.4 is 11.3 Å². The Balaban J connectivity index is 2.29. The number of aromatic nitrogens is 4. The van der Waals surface area contributed by atoms with Gasteiger partial charge in [-0.25, -0.2) is 0 Å². The summed E-state index contributed by atoms with van der Waals surface area (Å²) in [5.41, 5.74) is 6.19. The largest absolute Gasteiger partial charge is 0.275 e. The first-order valence-corrected chi connectivity index (χ1v) is 7.58. The molecule has 0 spiro atoms. The number of hydrogen-bond donors (Lipinski definition) is 2. The molecule has 0 amide bonds. The minimum absolute atomic E-state index is 0.0201. The van der Waals surface area contributed by atoms with Crippen LogP contribution in [0.2, 0.25) is 0 Å². The Morgan fingerprint density at radius 3 is 2.70 bits per heavy atom. The van der Waals surface area contributed by atoms with Crippen molar-refractivity contribution in [2.75, 3.05) is 0 Å². The van der Waals surface area contributed by atoms with Gasteiger partial charge in [-0.3, -0.25) is 20.6 Å². The summed E-state index contributed by atoms with van der Waals surface area (Å²) < 4.78 is 4.90. The van der Waals surface area contributed by atoms with Gasteiger partial charge in [-0.1, -0.05) is 6.92 Å². The van der Waals surface area contributed by atoms with E-state index in [-0.39, 0.29) is 6.04 Å². The minimum atomic E-state index is 0.0201. The summed E-state index contributed by atoms with van der Waals surface area (Å²) in [6, 6.07) is 0.0201. The molecule has 2 heterocycles. The van der Waals surface area contributed by atoms with Gasteiger partial charge in [0.2, 0.25) is 0 Å². The molecule has 0 aromatic carbocycles. The van der Waals surface area contributed by atoms with Crippen LogP contribution in [0.15, 0.2) is 16.9 Å². The molecular formula is C13H21BrN6. The van der Waals surface area contributed by atoms with Crippen molar-refractivity contribution >= 4 is 15.9 Å². The first-order valence-electron chi connectivity index (χ1n) is 6.79. The Labute approximate surface area is 127 Å². The van der Waals surface area contributed by atoms with Crippen LogP contribution in [0.1, 0.15) is 36.8 Å². The Hall–Kier alpha value is -1.18. The van der Waals surface area contributed by atoms with E-state index < -0.39 is 0 Å². The van der Waals surface area contributed by atoms with Crippen molar-refractivity contribution in [1.29, 1.82) is 0 Å². The monoisotopic (exact) mass is 340 g/mol. The number of aryl methyl sites for hydroxylation is 3. The highest BCUT2D eigenvalue weighted by molar-refractivity contribution is 9.10. The third-order valence-electron chi connectivity index (χ3n) is 3.42. The third-order valence-corrected chi connectivity index (χ3v) is 4.34. The number of nitrogens with one attached hydrogen (secondary N) is 1. The molecule has 1 atom stereocenters. The predicted octanol–water partition coefficient (Wildman–Crippen LogP) is 1.71. The van der Waals surface area contributed by atoms with Crippen molar-refractivity contribution in [3.05, 3.63) is 33.8 Å². The minimum Gasteiger partial charge on any atom is -0.275 e. The van der Waals surface area contributed by atoms with Crippen molar-refractivity contribution in [2.24, 2.45) is 12.9 Å². The normalized spacial score (nSPS) is 12.8. The van der Waals surface area contributed by atoms with Gasteiger partial charge >= 0.3 is 0 Å². The fraction of sp³-hybridized carbons (Fsp3) is 0.538.